The number of aryl methyl sites for hydroxylation is 1. The van der Waals surface area contributed by atoms with E-state index in [-0.39, 0.29) is 23.0 Å². The lowest BCUT2D eigenvalue weighted by Crippen LogP contribution is -2.38. The van der Waals surface area contributed by atoms with Gasteiger partial charge in [0.05, 0.1) is 10.9 Å². The van der Waals surface area contributed by atoms with E-state index in [0.717, 1.165) is 17.4 Å². The van der Waals surface area contributed by atoms with Crippen molar-refractivity contribution >= 4 is 16.9 Å². The van der Waals surface area contributed by atoms with Crippen LogP contribution in [0.2, 0.25) is 0 Å². The van der Waals surface area contributed by atoms with Crippen LogP contribution in [0.4, 0.5) is 0 Å². The molecule has 0 aliphatic heterocycles. The molecular formula is C15H18N4O3. The second-order valence-electron chi connectivity index (χ2n) is 5.90. The Kier molecular flexibility index (Phi) is 3.35. The predicted octanol–water partition coefficient (Wildman–Crippen LogP) is 0.160. The van der Waals surface area contributed by atoms with Crippen molar-refractivity contribution in [3.05, 3.63) is 38.7 Å². The first-order valence-corrected chi connectivity index (χ1v) is 7.26. The summed E-state index contributed by atoms with van der Waals surface area (Å²) in [5, 5.41) is 3.19. The number of carbonyl (C=O) groups is 1. The van der Waals surface area contributed by atoms with Crippen LogP contribution >= 0.6 is 0 Å². The van der Waals surface area contributed by atoms with Crippen LogP contribution in [0.25, 0.3) is 11.0 Å². The number of fused-ring (bicyclic) bond motifs is 1. The molecule has 1 saturated carbocycles. The molecule has 0 aromatic carbocycles. The number of hydrogen-bond acceptors (Lipinski definition) is 4. The summed E-state index contributed by atoms with van der Waals surface area (Å²) in [4.78, 5) is 40.4. The van der Waals surface area contributed by atoms with Crippen molar-refractivity contribution in [3.8, 4) is 0 Å². The van der Waals surface area contributed by atoms with Crippen molar-refractivity contribution < 1.29 is 4.79 Å². The maximum absolute atomic E-state index is 12.3. The number of nitrogens with zero attached hydrogens (tertiary/aromatic N) is 3. The van der Waals surface area contributed by atoms with Crippen LogP contribution in [-0.2, 0) is 14.1 Å². The standard InChI is InChI=1S/C15H18N4O3/c1-8(9-4-5-9)17-13(20)10-6-11-12(16-7-10)18(2)15(22)19(3)14(11)21/h6-9H,4-5H2,1-3H3,(H,17,20)/t8-/m0/s1. The Hall–Kier alpha value is -2.44. The zero-order chi connectivity index (χ0) is 16.0. The van der Waals surface area contributed by atoms with Crippen LogP contribution in [0, 0.1) is 5.92 Å². The molecule has 2 aromatic heterocycles. The molecule has 1 atom stereocenters. The van der Waals surface area contributed by atoms with Crippen LogP contribution in [-0.4, -0.2) is 26.1 Å². The lowest BCUT2D eigenvalue weighted by molar-refractivity contribution is 0.0935. The fraction of sp³-hybridized carbons (Fsp3) is 0.467. The second-order valence-corrected chi connectivity index (χ2v) is 5.90. The first-order chi connectivity index (χ1) is 10.4. The molecule has 1 N–H and O–H groups in total. The Bertz CT molecular complexity index is 877. The number of amides is 1. The molecule has 1 amide bonds. The van der Waals surface area contributed by atoms with Gasteiger partial charge in [0.2, 0.25) is 0 Å². The van der Waals surface area contributed by atoms with Gasteiger partial charge in [-0.1, -0.05) is 0 Å². The fourth-order valence-electron chi connectivity index (χ4n) is 2.59. The van der Waals surface area contributed by atoms with Crippen molar-refractivity contribution in [1.82, 2.24) is 19.4 Å². The molecule has 22 heavy (non-hydrogen) atoms. The molecule has 116 valence electrons. The van der Waals surface area contributed by atoms with Gasteiger partial charge in [0, 0.05) is 26.3 Å². The Morgan fingerprint density at radius 3 is 2.64 bits per heavy atom. The van der Waals surface area contributed by atoms with Gasteiger partial charge in [-0.3, -0.25) is 18.7 Å². The second kappa shape index (κ2) is 5.08. The molecule has 2 heterocycles. The quantitative estimate of drug-likeness (QED) is 0.875. The number of pyridine rings is 1. The van der Waals surface area contributed by atoms with E-state index in [1.165, 1.54) is 23.9 Å². The van der Waals surface area contributed by atoms with Crippen molar-refractivity contribution in [2.24, 2.45) is 20.0 Å². The first-order valence-electron chi connectivity index (χ1n) is 7.26. The van der Waals surface area contributed by atoms with Gasteiger partial charge in [-0.2, -0.15) is 0 Å². The largest absolute Gasteiger partial charge is 0.349 e. The average Bonchev–Trinajstić information content (AvgIpc) is 3.35. The summed E-state index contributed by atoms with van der Waals surface area (Å²) in [6.45, 7) is 1.98. The minimum absolute atomic E-state index is 0.117. The van der Waals surface area contributed by atoms with Gasteiger partial charge in [-0.15, -0.1) is 0 Å². The summed E-state index contributed by atoms with van der Waals surface area (Å²) in [7, 11) is 2.96. The normalized spacial score (nSPS) is 15.8. The molecule has 7 heteroatoms. The van der Waals surface area contributed by atoms with Crippen molar-refractivity contribution in [2.45, 2.75) is 25.8 Å². The highest BCUT2D eigenvalue weighted by atomic mass is 16.2. The van der Waals surface area contributed by atoms with Gasteiger partial charge in [-0.05, 0) is 31.7 Å². The molecule has 2 aromatic rings. The minimum Gasteiger partial charge on any atom is -0.349 e. The third-order valence-corrected chi connectivity index (χ3v) is 4.24. The van der Waals surface area contributed by atoms with E-state index in [0.29, 0.717) is 11.5 Å². The van der Waals surface area contributed by atoms with Gasteiger partial charge in [-0.25, -0.2) is 9.78 Å². The Morgan fingerprint density at radius 1 is 1.32 bits per heavy atom. The van der Waals surface area contributed by atoms with Gasteiger partial charge < -0.3 is 5.32 Å². The van der Waals surface area contributed by atoms with Gasteiger partial charge in [0.25, 0.3) is 11.5 Å². The van der Waals surface area contributed by atoms with Crippen LogP contribution in [0.1, 0.15) is 30.1 Å². The summed E-state index contributed by atoms with van der Waals surface area (Å²) in [6, 6.07) is 1.62. The highest BCUT2D eigenvalue weighted by molar-refractivity contribution is 5.96. The summed E-state index contributed by atoms with van der Waals surface area (Å²) in [6.07, 6.45) is 3.68. The zero-order valence-corrected chi connectivity index (χ0v) is 12.8. The summed E-state index contributed by atoms with van der Waals surface area (Å²) >= 11 is 0. The third-order valence-electron chi connectivity index (χ3n) is 4.24. The van der Waals surface area contributed by atoms with Gasteiger partial charge in [0.15, 0.2) is 0 Å². The van der Waals surface area contributed by atoms with Crippen LogP contribution in [0.5, 0.6) is 0 Å². The number of carbonyl (C=O) groups excluding carboxylic acids is 1. The van der Waals surface area contributed by atoms with E-state index in [9.17, 15) is 14.4 Å². The molecule has 3 rings (SSSR count). The molecule has 7 nitrogen and oxygen atoms in total. The summed E-state index contributed by atoms with van der Waals surface area (Å²) in [5.74, 6) is 0.302. The van der Waals surface area contributed by atoms with Crippen molar-refractivity contribution in [3.63, 3.8) is 0 Å². The van der Waals surface area contributed by atoms with Gasteiger partial charge >= 0.3 is 5.69 Å². The molecule has 1 aliphatic carbocycles. The van der Waals surface area contributed by atoms with E-state index in [1.54, 1.807) is 7.05 Å². The number of aromatic nitrogens is 3. The maximum atomic E-state index is 12.3. The van der Waals surface area contributed by atoms with E-state index in [1.807, 2.05) is 6.92 Å². The summed E-state index contributed by atoms with van der Waals surface area (Å²) < 4.78 is 2.31. The van der Waals surface area contributed by atoms with E-state index in [2.05, 4.69) is 10.3 Å². The Morgan fingerprint density at radius 2 is 2.00 bits per heavy atom. The van der Waals surface area contributed by atoms with Crippen LogP contribution < -0.4 is 16.6 Å². The van der Waals surface area contributed by atoms with Gasteiger partial charge in [0.1, 0.15) is 5.65 Å². The lowest BCUT2D eigenvalue weighted by atomic mass is 10.1. The fourth-order valence-corrected chi connectivity index (χ4v) is 2.59. The SMILES string of the molecule is C[C@H](NC(=O)c1cnc2c(c1)c(=O)n(C)c(=O)n2C)C1CC1. The highest BCUT2D eigenvalue weighted by Crippen LogP contribution is 2.32. The lowest BCUT2D eigenvalue weighted by Gasteiger charge is -2.13. The molecule has 0 unspecified atom stereocenters. The monoisotopic (exact) mass is 302 g/mol. The van der Waals surface area contributed by atoms with E-state index < -0.39 is 11.2 Å². The Labute approximate surface area is 126 Å². The smallest absolute Gasteiger partial charge is 0.332 e. The highest BCUT2D eigenvalue weighted by Gasteiger charge is 2.29. The molecule has 1 fully saturated rings. The van der Waals surface area contributed by atoms with Crippen molar-refractivity contribution in [1.29, 1.82) is 0 Å². The van der Waals surface area contributed by atoms with E-state index >= 15 is 0 Å². The predicted molar refractivity (Wildman–Crippen MR) is 81.9 cm³/mol. The number of nitrogens with one attached hydrogen (secondary N) is 1. The Balaban J connectivity index is 2.04. The molecule has 0 saturated heterocycles. The van der Waals surface area contributed by atoms with Crippen molar-refractivity contribution in [2.75, 3.05) is 0 Å². The molecule has 1 aliphatic rings. The molecule has 0 radical (unpaired) electrons. The number of rotatable bonds is 3. The third kappa shape index (κ3) is 2.32. The minimum atomic E-state index is -0.449. The number of hydrogen-bond donors (Lipinski definition) is 1. The zero-order valence-electron chi connectivity index (χ0n) is 12.8. The molecule has 0 spiro atoms. The van der Waals surface area contributed by atoms with Crippen LogP contribution in [0.3, 0.4) is 0 Å². The van der Waals surface area contributed by atoms with Crippen LogP contribution in [0.15, 0.2) is 21.9 Å². The average molecular weight is 302 g/mol. The summed E-state index contributed by atoms with van der Waals surface area (Å²) in [5.41, 5.74) is -0.282. The maximum Gasteiger partial charge on any atom is 0.332 e. The molecular weight excluding hydrogens is 284 g/mol. The molecule has 0 bridgehead atoms. The topological polar surface area (TPSA) is 86.0 Å². The first kappa shape index (κ1) is 14.5. The van der Waals surface area contributed by atoms with E-state index in [4.69, 9.17) is 0 Å².